The molecule has 23 heteroatoms. The van der Waals surface area contributed by atoms with Gasteiger partial charge in [-0.15, -0.1) is 0 Å². The fourth-order valence-electron chi connectivity index (χ4n) is 6.53. The third-order valence-corrected chi connectivity index (χ3v) is 22.0. The summed E-state index contributed by atoms with van der Waals surface area (Å²) >= 11 is 0. The monoisotopic (exact) mass is 878 g/mol. The van der Waals surface area contributed by atoms with Gasteiger partial charge in [-0.2, -0.15) is 8.42 Å². The molecule has 0 aliphatic carbocycles. The van der Waals surface area contributed by atoms with E-state index in [9.17, 15) is 32.7 Å². The smallest absolute Gasteiger partial charge is 0.334 e. The summed E-state index contributed by atoms with van der Waals surface area (Å²) in [6.07, 6.45) is -3.36. The number of azide groups is 1. The highest BCUT2D eigenvalue weighted by molar-refractivity contribution is 7.90. The Labute approximate surface area is 343 Å². The number of hydrogen-bond donors (Lipinski definition) is 3. The standard InChI is InChI=1S/C36H54N8O12SSi2/c1-21-16-44(33(49)42(30(21)47)14-12-13-22-17-43(32(48)39-29(22)46)27-15-23(40-41-38)24(18-45)53-27)31-28(55-59(10,11)35(5,6)7)36(25(37)20-57(50,51)56-36)26(54-31)19-52-58(8,9)34(2,3)4/h16-17,20,23-24,26-28,31,45H,14-15,18-19,37H2,1-11H3,(H,39,46,48)/t23?,24-,26+,27-,28-,31+,36+/m0/s1. The van der Waals surface area contributed by atoms with Gasteiger partial charge in [0, 0.05) is 29.3 Å². The van der Waals surface area contributed by atoms with Gasteiger partial charge >= 0.3 is 11.4 Å². The predicted molar refractivity (Wildman–Crippen MR) is 221 cm³/mol. The van der Waals surface area contributed by atoms with Crippen molar-refractivity contribution in [1.29, 1.82) is 0 Å². The topological polar surface area (TPSA) is 274 Å². The van der Waals surface area contributed by atoms with E-state index in [1.165, 1.54) is 13.1 Å². The molecule has 7 atom stereocenters. The van der Waals surface area contributed by atoms with E-state index in [1.807, 2.05) is 67.7 Å². The Bertz CT molecular complexity index is 2480. The number of aromatic amines is 1. The summed E-state index contributed by atoms with van der Waals surface area (Å²) in [5.74, 6) is 5.29. The molecule has 2 aromatic heterocycles. The first-order valence-electron chi connectivity index (χ1n) is 19.0. The summed E-state index contributed by atoms with van der Waals surface area (Å²) in [5.41, 5.74) is 9.93. The van der Waals surface area contributed by atoms with Crippen LogP contribution in [0.3, 0.4) is 0 Å². The lowest BCUT2D eigenvalue weighted by Crippen LogP contribution is -2.59. The Morgan fingerprint density at radius 3 is 2.27 bits per heavy atom. The lowest BCUT2D eigenvalue weighted by molar-refractivity contribution is -0.0567. The average molecular weight is 879 g/mol. The summed E-state index contributed by atoms with van der Waals surface area (Å²) < 4.78 is 61.1. The number of hydrogen-bond acceptors (Lipinski definition) is 14. The number of aromatic nitrogens is 4. The highest BCUT2D eigenvalue weighted by atomic mass is 32.2. The third kappa shape index (κ3) is 8.74. The molecule has 0 bridgehead atoms. The molecular weight excluding hydrogens is 825 g/mol. The minimum atomic E-state index is -4.35. The molecule has 20 nitrogen and oxygen atoms in total. The Hall–Kier alpha value is -4.09. The largest absolute Gasteiger partial charge is 0.414 e. The molecule has 2 aromatic rings. The van der Waals surface area contributed by atoms with Crippen LogP contribution < -0.4 is 28.2 Å². The van der Waals surface area contributed by atoms with Gasteiger partial charge in [-0.25, -0.2) is 18.3 Å². The minimum absolute atomic E-state index is 0.0265. The van der Waals surface area contributed by atoms with Crippen LogP contribution in [0.2, 0.25) is 36.3 Å². The first-order valence-corrected chi connectivity index (χ1v) is 26.3. The van der Waals surface area contributed by atoms with Crippen LogP contribution in [-0.2, 0) is 39.2 Å². The molecule has 0 radical (unpaired) electrons. The van der Waals surface area contributed by atoms with E-state index in [4.69, 9.17) is 33.8 Å². The summed E-state index contributed by atoms with van der Waals surface area (Å²) in [6, 6.07) is -0.776. The normalized spacial score (nSPS) is 27.0. The van der Waals surface area contributed by atoms with Crippen LogP contribution >= 0.6 is 0 Å². The second-order valence-electron chi connectivity index (χ2n) is 18.1. The van der Waals surface area contributed by atoms with Gasteiger partial charge in [0.05, 0.1) is 43.0 Å². The fraction of sp³-hybridized carbons (Fsp3) is 0.667. The van der Waals surface area contributed by atoms with Gasteiger partial charge in [0.15, 0.2) is 28.5 Å². The van der Waals surface area contributed by atoms with Crippen molar-refractivity contribution in [3.8, 4) is 11.8 Å². The van der Waals surface area contributed by atoms with Crippen LogP contribution in [-0.4, -0.2) is 92.0 Å². The molecule has 2 saturated heterocycles. The summed E-state index contributed by atoms with van der Waals surface area (Å²) in [7, 11) is -9.70. The highest BCUT2D eigenvalue weighted by Crippen LogP contribution is 2.52. The van der Waals surface area contributed by atoms with Gasteiger partial charge in [0.2, 0.25) is 0 Å². The number of aliphatic hydroxyl groups is 1. The second-order valence-corrected chi connectivity index (χ2v) is 29.0. The molecule has 5 rings (SSSR count). The molecule has 1 spiro atoms. The molecule has 5 heterocycles. The molecule has 2 fully saturated rings. The van der Waals surface area contributed by atoms with Crippen LogP contribution in [0.4, 0.5) is 0 Å². The lowest BCUT2D eigenvalue weighted by Gasteiger charge is -2.43. The number of nitrogens with two attached hydrogens (primary N) is 1. The predicted octanol–water partition coefficient (Wildman–Crippen LogP) is 2.39. The van der Waals surface area contributed by atoms with Crippen molar-refractivity contribution < 1.29 is 36.0 Å². The van der Waals surface area contributed by atoms with Gasteiger partial charge in [-0.1, -0.05) is 58.5 Å². The zero-order chi connectivity index (χ0) is 44.3. The van der Waals surface area contributed by atoms with Gasteiger partial charge in [0.1, 0.15) is 24.0 Å². The molecule has 59 heavy (non-hydrogen) atoms. The lowest BCUT2D eigenvalue weighted by atomic mass is 9.89. The Balaban J connectivity index is 1.60. The summed E-state index contributed by atoms with van der Waals surface area (Å²) in [6.45, 7) is 20.3. The number of aryl methyl sites for hydroxylation is 1. The van der Waals surface area contributed by atoms with Crippen LogP contribution in [0.25, 0.3) is 10.4 Å². The van der Waals surface area contributed by atoms with Crippen LogP contribution in [0.15, 0.2) is 47.8 Å². The van der Waals surface area contributed by atoms with E-state index >= 15 is 0 Å². The SMILES string of the molecule is Cc1cn([C@@H]2O[C@H](CO[Si](C)(C)C(C)(C)C)[C@@]3(OS(=O)(=O)C=C3N)[C@H]2O[Si](C)(C)C(C)(C)C)c(=O)n(CC#Cc2cn([C@@H]3CC(N=[N+]=[N-])[C@H](CO)O3)c(=O)[nH]c2=O)c1=O. The molecule has 1 unspecified atom stereocenters. The van der Waals surface area contributed by atoms with Crippen molar-refractivity contribution in [2.24, 2.45) is 10.8 Å². The van der Waals surface area contributed by atoms with Crippen molar-refractivity contribution in [3.63, 3.8) is 0 Å². The molecule has 0 saturated carbocycles. The van der Waals surface area contributed by atoms with E-state index in [2.05, 4.69) is 26.9 Å². The molecular formula is C36H54N8O12SSi2. The average Bonchev–Trinajstić information content (AvgIpc) is 3.73. The van der Waals surface area contributed by atoms with Gasteiger partial charge in [0.25, 0.3) is 21.2 Å². The Morgan fingerprint density at radius 1 is 1.07 bits per heavy atom. The molecule has 0 aromatic carbocycles. The number of aliphatic hydroxyl groups excluding tert-OH is 1. The summed E-state index contributed by atoms with van der Waals surface area (Å²) in [4.78, 5) is 58.5. The first-order chi connectivity index (χ1) is 27.1. The molecule has 324 valence electrons. The van der Waals surface area contributed by atoms with E-state index in [0.29, 0.717) is 0 Å². The van der Waals surface area contributed by atoms with Gasteiger partial charge in [-0.3, -0.25) is 23.7 Å². The Kier molecular flexibility index (Phi) is 12.5. The number of nitrogens with zero attached hydrogens (tertiary/aromatic N) is 6. The molecule has 0 amide bonds. The van der Waals surface area contributed by atoms with Crippen molar-refractivity contribution in [2.45, 2.75) is 140 Å². The van der Waals surface area contributed by atoms with E-state index in [0.717, 1.165) is 25.3 Å². The maximum absolute atomic E-state index is 14.4. The number of ether oxygens (including phenoxy) is 2. The van der Waals surface area contributed by atoms with E-state index in [-0.39, 0.29) is 34.9 Å². The van der Waals surface area contributed by atoms with Crippen molar-refractivity contribution in [2.75, 3.05) is 13.2 Å². The van der Waals surface area contributed by atoms with Crippen molar-refractivity contribution in [3.05, 3.63) is 86.7 Å². The quantitative estimate of drug-likeness (QED) is 0.0774. The molecule has 3 aliphatic heterocycles. The first kappa shape index (κ1) is 46.0. The maximum Gasteiger partial charge on any atom is 0.334 e. The molecule has 4 N–H and O–H groups in total. The maximum atomic E-state index is 14.4. The van der Waals surface area contributed by atoms with Crippen molar-refractivity contribution >= 4 is 26.8 Å². The van der Waals surface area contributed by atoms with E-state index in [1.54, 1.807) is 0 Å². The molecule has 3 aliphatic rings. The minimum Gasteiger partial charge on any atom is -0.414 e. The second kappa shape index (κ2) is 16.1. The van der Waals surface area contributed by atoms with Crippen LogP contribution in [0.1, 0.15) is 71.5 Å². The third-order valence-electron chi connectivity index (χ3n) is 12.0. The van der Waals surface area contributed by atoms with Gasteiger partial charge < -0.3 is 29.2 Å². The van der Waals surface area contributed by atoms with Gasteiger partial charge in [-0.05, 0) is 48.7 Å². The van der Waals surface area contributed by atoms with Crippen LogP contribution in [0.5, 0.6) is 0 Å². The van der Waals surface area contributed by atoms with Crippen LogP contribution in [0, 0.1) is 18.8 Å². The zero-order valence-corrected chi connectivity index (χ0v) is 37.9. The number of H-pyrrole nitrogens is 1. The van der Waals surface area contributed by atoms with Crippen molar-refractivity contribution in [1.82, 2.24) is 18.7 Å². The summed E-state index contributed by atoms with van der Waals surface area (Å²) in [5, 5.41) is 13.4. The Morgan fingerprint density at radius 2 is 1.71 bits per heavy atom. The fourth-order valence-corrected chi connectivity index (χ4v) is 10.0. The number of rotatable bonds is 10. The zero-order valence-electron chi connectivity index (χ0n) is 35.1. The highest BCUT2D eigenvalue weighted by Gasteiger charge is 2.67. The van der Waals surface area contributed by atoms with E-state index < -0.39 is 110 Å². The number of nitrogens with one attached hydrogen (secondary N) is 1.